The van der Waals surface area contributed by atoms with E-state index in [0.717, 1.165) is 25.5 Å². The normalized spacial score (nSPS) is 20.3. The van der Waals surface area contributed by atoms with Gasteiger partial charge >= 0.3 is 5.97 Å². The lowest BCUT2D eigenvalue weighted by atomic mass is 9.99. The fourth-order valence-electron chi connectivity index (χ4n) is 3.95. The molecule has 0 spiro atoms. The van der Waals surface area contributed by atoms with E-state index in [9.17, 15) is 4.79 Å². The number of benzene rings is 1. The molecule has 6 heteroatoms. The van der Waals surface area contributed by atoms with E-state index < -0.39 is 0 Å². The maximum absolute atomic E-state index is 12.0. The predicted molar refractivity (Wildman–Crippen MR) is 109 cm³/mol. The Morgan fingerprint density at radius 3 is 2.89 bits per heavy atom. The maximum atomic E-state index is 12.0. The second-order valence-electron chi connectivity index (χ2n) is 7.27. The van der Waals surface area contributed by atoms with E-state index in [1.165, 1.54) is 29.3 Å². The summed E-state index contributed by atoms with van der Waals surface area (Å²) in [4.78, 5) is 22.4. The minimum atomic E-state index is -0.129. The third kappa shape index (κ3) is 4.10. The molecule has 6 nitrogen and oxygen atoms in total. The van der Waals surface area contributed by atoms with Gasteiger partial charge in [0.05, 0.1) is 13.0 Å². The zero-order chi connectivity index (χ0) is 19.4. The molecular formula is C21H30N4O2. The monoisotopic (exact) mass is 370 g/mol. The van der Waals surface area contributed by atoms with Crippen LogP contribution in [0.5, 0.6) is 0 Å². The Morgan fingerprint density at radius 1 is 1.37 bits per heavy atom. The number of hydrogen-bond donors (Lipinski definition) is 2. The Kier molecular flexibility index (Phi) is 6.04. The van der Waals surface area contributed by atoms with E-state index >= 15 is 0 Å². The molecule has 0 bridgehead atoms. The van der Waals surface area contributed by atoms with Crippen LogP contribution in [-0.4, -0.2) is 55.1 Å². The number of nitrogens with zero attached hydrogens (tertiary/aromatic N) is 2. The van der Waals surface area contributed by atoms with Gasteiger partial charge in [-0.1, -0.05) is 25.1 Å². The lowest BCUT2D eigenvalue weighted by molar-refractivity contribution is -0.145. The van der Waals surface area contributed by atoms with Crippen LogP contribution in [0.4, 0.5) is 0 Å². The number of nitrogens with one attached hydrogen (secondary N) is 2. The van der Waals surface area contributed by atoms with Crippen molar-refractivity contribution >= 4 is 22.8 Å². The van der Waals surface area contributed by atoms with E-state index in [1.807, 2.05) is 0 Å². The Bertz CT molecular complexity index is 827. The number of rotatable bonds is 5. The number of aromatic nitrogens is 1. The molecule has 1 saturated heterocycles. The summed E-state index contributed by atoms with van der Waals surface area (Å²) in [7, 11) is 1.46. The molecule has 1 aliphatic rings. The fourth-order valence-corrected chi connectivity index (χ4v) is 3.95. The molecule has 2 heterocycles. The Balaban J connectivity index is 1.71. The first-order chi connectivity index (χ1) is 13.0. The molecular weight excluding hydrogens is 340 g/mol. The van der Waals surface area contributed by atoms with Crippen molar-refractivity contribution in [1.29, 1.82) is 0 Å². The molecule has 146 valence electrons. The van der Waals surface area contributed by atoms with Crippen LogP contribution in [0.25, 0.3) is 10.9 Å². The molecule has 0 amide bonds. The molecule has 2 N–H and O–H groups in total. The lowest BCUT2D eigenvalue weighted by Crippen LogP contribution is -2.40. The van der Waals surface area contributed by atoms with Gasteiger partial charge in [0, 0.05) is 42.8 Å². The zero-order valence-corrected chi connectivity index (χ0v) is 16.7. The number of para-hydroxylation sites is 1. The summed E-state index contributed by atoms with van der Waals surface area (Å²) in [5, 5.41) is 4.64. The smallest absolute Gasteiger partial charge is 0.310 e. The number of methoxy groups -OCH3 is 1. The van der Waals surface area contributed by atoms with Crippen molar-refractivity contribution in [3.8, 4) is 0 Å². The third-order valence-electron chi connectivity index (χ3n) is 5.40. The molecule has 1 aromatic heterocycles. The molecule has 27 heavy (non-hydrogen) atoms. The summed E-state index contributed by atoms with van der Waals surface area (Å²) >= 11 is 0. The number of H-pyrrole nitrogens is 1. The van der Waals surface area contributed by atoms with Gasteiger partial charge in [0.25, 0.3) is 0 Å². The van der Waals surface area contributed by atoms with Crippen LogP contribution in [0.1, 0.15) is 25.1 Å². The van der Waals surface area contributed by atoms with Gasteiger partial charge in [-0.3, -0.25) is 9.79 Å². The van der Waals surface area contributed by atoms with Gasteiger partial charge in [-0.25, -0.2) is 0 Å². The number of aromatic amines is 1. The summed E-state index contributed by atoms with van der Waals surface area (Å²) in [6.45, 7) is 9.27. The molecule has 0 saturated carbocycles. The van der Waals surface area contributed by atoms with Gasteiger partial charge in [-0.2, -0.15) is 0 Å². The molecule has 2 aromatic rings. The van der Waals surface area contributed by atoms with Crippen LogP contribution in [0.15, 0.2) is 29.3 Å². The number of guanidine groups is 1. The third-order valence-corrected chi connectivity index (χ3v) is 5.40. The number of ether oxygens (including phenoxy) is 1. The number of fused-ring (bicyclic) bond motifs is 1. The van der Waals surface area contributed by atoms with E-state index in [4.69, 9.17) is 9.73 Å². The largest absolute Gasteiger partial charge is 0.469 e. The van der Waals surface area contributed by atoms with Crippen LogP contribution >= 0.6 is 0 Å². The molecule has 1 fully saturated rings. The number of carbonyl (C=O) groups is 1. The quantitative estimate of drug-likeness (QED) is 0.482. The molecule has 0 radical (unpaired) electrons. The molecule has 1 aromatic carbocycles. The van der Waals surface area contributed by atoms with E-state index in [0.29, 0.717) is 13.1 Å². The number of aryl methyl sites for hydroxylation is 1. The van der Waals surface area contributed by atoms with Crippen LogP contribution in [0.2, 0.25) is 0 Å². The highest BCUT2D eigenvalue weighted by molar-refractivity contribution is 5.85. The Hall–Kier alpha value is -2.50. The van der Waals surface area contributed by atoms with Gasteiger partial charge in [0.15, 0.2) is 5.96 Å². The molecule has 3 rings (SSSR count). The second-order valence-corrected chi connectivity index (χ2v) is 7.27. The number of aliphatic imine (C=N–C) groups is 1. The average Bonchev–Trinajstić information content (AvgIpc) is 3.20. The predicted octanol–water partition coefficient (Wildman–Crippen LogP) is 2.73. The highest BCUT2D eigenvalue weighted by atomic mass is 16.5. The lowest BCUT2D eigenvalue weighted by Gasteiger charge is -2.21. The number of hydrogen-bond acceptors (Lipinski definition) is 3. The van der Waals surface area contributed by atoms with Crippen molar-refractivity contribution in [2.24, 2.45) is 16.8 Å². The van der Waals surface area contributed by atoms with E-state index in [-0.39, 0.29) is 17.8 Å². The van der Waals surface area contributed by atoms with Gasteiger partial charge in [-0.05, 0) is 37.8 Å². The van der Waals surface area contributed by atoms with Crippen LogP contribution in [-0.2, 0) is 16.0 Å². The maximum Gasteiger partial charge on any atom is 0.310 e. The van der Waals surface area contributed by atoms with E-state index in [2.05, 4.69) is 60.2 Å². The molecule has 1 aliphatic heterocycles. The summed E-state index contributed by atoms with van der Waals surface area (Å²) in [5.74, 6) is 0.926. The van der Waals surface area contributed by atoms with Crippen molar-refractivity contribution in [3.63, 3.8) is 0 Å². The van der Waals surface area contributed by atoms with E-state index in [1.54, 1.807) is 0 Å². The first-order valence-corrected chi connectivity index (χ1v) is 9.72. The molecule has 2 unspecified atom stereocenters. The summed E-state index contributed by atoms with van der Waals surface area (Å²) < 4.78 is 4.95. The Labute approximate surface area is 161 Å². The van der Waals surface area contributed by atoms with Crippen LogP contribution in [0.3, 0.4) is 0 Å². The molecule has 2 atom stereocenters. The average molecular weight is 370 g/mol. The van der Waals surface area contributed by atoms with Crippen LogP contribution in [0, 0.1) is 18.8 Å². The van der Waals surface area contributed by atoms with Gasteiger partial charge < -0.3 is 19.9 Å². The first kappa shape index (κ1) is 19.3. The topological polar surface area (TPSA) is 69.7 Å². The SMILES string of the molecule is CCNC(=NCCc1c(C)[nH]c2ccccc12)N1CC(C)C(C(=O)OC)C1. The van der Waals surface area contributed by atoms with Crippen molar-refractivity contribution in [2.45, 2.75) is 27.2 Å². The van der Waals surface area contributed by atoms with Crippen molar-refractivity contribution in [3.05, 3.63) is 35.5 Å². The minimum absolute atomic E-state index is 0.0882. The fraction of sp³-hybridized carbons (Fsp3) is 0.524. The highest BCUT2D eigenvalue weighted by Crippen LogP contribution is 2.25. The van der Waals surface area contributed by atoms with Crippen LogP contribution < -0.4 is 5.32 Å². The first-order valence-electron chi connectivity index (χ1n) is 9.72. The van der Waals surface area contributed by atoms with Crippen molar-refractivity contribution in [1.82, 2.24) is 15.2 Å². The highest BCUT2D eigenvalue weighted by Gasteiger charge is 2.36. The van der Waals surface area contributed by atoms with Crippen molar-refractivity contribution in [2.75, 3.05) is 33.3 Å². The summed E-state index contributed by atoms with van der Waals surface area (Å²) in [5.41, 5.74) is 3.71. The number of likely N-dealkylation sites (tertiary alicyclic amines) is 1. The minimum Gasteiger partial charge on any atom is -0.469 e. The number of carbonyl (C=O) groups excluding carboxylic acids is 1. The number of esters is 1. The van der Waals surface area contributed by atoms with Gasteiger partial charge in [-0.15, -0.1) is 0 Å². The van der Waals surface area contributed by atoms with Crippen molar-refractivity contribution < 1.29 is 9.53 Å². The molecule has 0 aliphatic carbocycles. The standard InChI is InChI=1S/C21H30N4O2/c1-5-22-21(25-12-14(2)18(13-25)20(26)27-4)23-11-10-16-15(3)24-19-9-7-6-8-17(16)19/h6-9,14,18,24H,5,10-13H2,1-4H3,(H,22,23). The van der Waals surface area contributed by atoms with Gasteiger partial charge in [0.2, 0.25) is 0 Å². The Morgan fingerprint density at radius 2 is 2.15 bits per heavy atom. The summed E-state index contributed by atoms with van der Waals surface area (Å²) in [6, 6.07) is 8.39. The summed E-state index contributed by atoms with van der Waals surface area (Å²) in [6.07, 6.45) is 0.883. The van der Waals surface area contributed by atoms with Gasteiger partial charge in [0.1, 0.15) is 0 Å². The zero-order valence-electron chi connectivity index (χ0n) is 16.7. The second kappa shape index (κ2) is 8.46.